The Labute approximate surface area is 183 Å². The molecule has 0 unspecified atom stereocenters. The minimum Gasteiger partial charge on any atom is -0.246 e. The van der Waals surface area contributed by atoms with Crippen molar-refractivity contribution in [2.45, 2.75) is 18.0 Å². The van der Waals surface area contributed by atoms with Gasteiger partial charge in [0.15, 0.2) is 27.0 Å². The summed E-state index contributed by atoms with van der Waals surface area (Å²) in [5, 5.41) is 4.41. The van der Waals surface area contributed by atoms with Crippen LogP contribution in [0.15, 0.2) is 58.6 Å². The summed E-state index contributed by atoms with van der Waals surface area (Å²) in [6.07, 6.45) is -2.16. The topological polar surface area (TPSA) is 99.2 Å². The first kappa shape index (κ1) is 22.0. The zero-order valence-corrected chi connectivity index (χ0v) is 17.8. The average Bonchev–Trinajstić information content (AvgIpc) is 3.09. The molecule has 0 atom stereocenters. The van der Waals surface area contributed by atoms with E-state index in [0.29, 0.717) is 31.4 Å². The average molecular weight is 484 g/mol. The van der Waals surface area contributed by atoms with Crippen LogP contribution in [0.2, 0.25) is 5.02 Å². The van der Waals surface area contributed by atoms with Crippen LogP contribution >= 0.6 is 11.6 Å². The van der Waals surface area contributed by atoms with Gasteiger partial charge >= 0.3 is 11.9 Å². The minimum atomic E-state index is -4.77. The zero-order valence-electron chi connectivity index (χ0n) is 16.2. The van der Waals surface area contributed by atoms with Gasteiger partial charge in [-0.2, -0.15) is 17.9 Å². The van der Waals surface area contributed by atoms with E-state index in [4.69, 9.17) is 11.6 Å². The largest absolute Gasteiger partial charge is 0.434 e. The standard InChI is InChI=1S/C19H13ClF3N5O3S/c1-2-32(30,31)14-7-12(11-3-5-13(20)6-4-11)8-25-17(14)28-18(29)27-10-15(19(21,22)23)24-9-16(27)26-28/h3-10H,2H2,1H3. The number of nitrogens with zero attached hydrogens (tertiary/aromatic N) is 5. The van der Waals surface area contributed by atoms with Crippen molar-refractivity contribution in [2.75, 3.05) is 5.75 Å². The SMILES string of the molecule is CCS(=O)(=O)c1cc(-c2ccc(Cl)cc2)cnc1-n1nc2cnc(C(F)(F)F)cn2c1=O. The molecule has 0 aliphatic heterocycles. The van der Waals surface area contributed by atoms with Crippen LogP contribution in [0.4, 0.5) is 13.2 Å². The van der Waals surface area contributed by atoms with E-state index < -0.39 is 27.4 Å². The van der Waals surface area contributed by atoms with Crippen molar-refractivity contribution in [2.24, 2.45) is 0 Å². The number of pyridine rings is 1. The number of sulfone groups is 1. The molecule has 0 spiro atoms. The molecule has 166 valence electrons. The van der Waals surface area contributed by atoms with Gasteiger partial charge in [0.25, 0.3) is 0 Å². The maximum atomic E-state index is 13.0. The Kier molecular flexibility index (Phi) is 5.29. The van der Waals surface area contributed by atoms with Crippen molar-refractivity contribution in [1.82, 2.24) is 24.1 Å². The fourth-order valence-electron chi connectivity index (χ4n) is 2.95. The number of rotatable bonds is 4. The summed E-state index contributed by atoms with van der Waals surface area (Å²) in [5.41, 5.74) is -1.45. The number of alkyl halides is 3. The number of halogens is 4. The Balaban J connectivity index is 1.95. The lowest BCUT2D eigenvalue weighted by atomic mass is 10.1. The van der Waals surface area contributed by atoms with Gasteiger partial charge in [-0.1, -0.05) is 30.7 Å². The molecule has 1 aromatic carbocycles. The van der Waals surface area contributed by atoms with Crippen LogP contribution in [0.25, 0.3) is 22.6 Å². The van der Waals surface area contributed by atoms with Gasteiger partial charge in [0, 0.05) is 23.0 Å². The summed E-state index contributed by atoms with van der Waals surface area (Å²) < 4.78 is 65.7. The first-order valence-corrected chi connectivity index (χ1v) is 11.1. The molecule has 0 amide bonds. The maximum Gasteiger partial charge on any atom is 0.434 e. The van der Waals surface area contributed by atoms with Crippen molar-refractivity contribution >= 4 is 27.1 Å². The smallest absolute Gasteiger partial charge is 0.246 e. The van der Waals surface area contributed by atoms with Crippen molar-refractivity contribution in [3.8, 4) is 16.9 Å². The van der Waals surface area contributed by atoms with Gasteiger partial charge in [-0.3, -0.25) is 0 Å². The van der Waals surface area contributed by atoms with Gasteiger partial charge in [-0.15, -0.1) is 5.10 Å². The van der Waals surface area contributed by atoms with Crippen LogP contribution in [0, 0.1) is 0 Å². The highest BCUT2D eigenvalue weighted by molar-refractivity contribution is 7.91. The first-order valence-electron chi connectivity index (χ1n) is 9.05. The zero-order chi connectivity index (χ0) is 23.3. The Hall–Kier alpha value is -3.25. The molecule has 0 N–H and O–H groups in total. The molecule has 32 heavy (non-hydrogen) atoms. The fourth-order valence-corrected chi connectivity index (χ4v) is 4.11. The second kappa shape index (κ2) is 7.71. The molecular weight excluding hydrogens is 471 g/mol. The highest BCUT2D eigenvalue weighted by Crippen LogP contribution is 2.28. The van der Waals surface area contributed by atoms with E-state index in [1.54, 1.807) is 24.3 Å². The number of aromatic nitrogens is 5. The van der Waals surface area contributed by atoms with Crippen molar-refractivity contribution in [1.29, 1.82) is 0 Å². The van der Waals surface area contributed by atoms with Gasteiger partial charge < -0.3 is 0 Å². The third-order valence-electron chi connectivity index (χ3n) is 4.62. The third kappa shape index (κ3) is 3.86. The van der Waals surface area contributed by atoms with Gasteiger partial charge in [0.1, 0.15) is 4.90 Å². The molecular formula is C19H13ClF3N5O3S. The van der Waals surface area contributed by atoms with Gasteiger partial charge in [0.2, 0.25) is 0 Å². The van der Waals surface area contributed by atoms with Crippen LogP contribution in [0.5, 0.6) is 0 Å². The molecule has 0 aliphatic carbocycles. The molecule has 0 fully saturated rings. The van der Waals surface area contributed by atoms with E-state index in [9.17, 15) is 26.4 Å². The van der Waals surface area contributed by atoms with Crippen LogP contribution in [0.3, 0.4) is 0 Å². The molecule has 3 heterocycles. The van der Waals surface area contributed by atoms with Crippen molar-refractivity contribution in [3.63, 3.8) is 0 Å². The van der Waals surface area contributed by atoms with Gasteiger partial charge in [-0.05, 0) is 23.8 Å². The fraction of sp³-hybridized carbons (Fsp3) is 0.158. The van der Waals surface area contributed by atoms with Gasteiger partial charge in [0.05, 0.1) is 11.9 Å². The van der Waals surface area contributed by atoms with E-state index in [2.05, 4.69) is 15.1 Å². The van der Waals surface area contributed by atoms with E-state index in [-0.39, 0.29) is 22.1 Å². The molecule has 0 saturated carbocycles. The molecule has 3 aromatic heterocycles. The summed E-state index contributed by atoms with van der Waals surface area (Å²) in [6.45, 7) is 1.42. The second-order valence-electron chi connectivity index (χ2n) is 6.65. The predicted molar refractivity (Wildman–Crippen MR) is 110 cm³/mol. The monoisotopic (exact) mass is 483 g/mol. The molecule has 4 rings (SSSR count). The lowest BCUT2D eigenvalue weighted by molar-refractivity contribution is -0.141. The second-order valence-corrected chi connectivity index (χ2v) is 9.33. The lowest BCUT2D eigenvalue weighted by Crippen LogP contribution is -2.23. The van der Waals surface area contributed by atoms with Crippen molar-refractivity contribution < 1.29 is 21.6 Å². The number of hydrogen-bond acceptors (Lipinski definition) is 6. The number of benzene rings is 1. The summed E-state index contributed by atoms with van der Waals surface area (Å²) >= 11 is 5.89. The Morgan fingerprint density at radius 1 is 1.06 bits per heavy atom. The Morgan fingerprint density at radius 3 is 2.38 bits per heavy atom. The van der Waals surface area contributed by atoms with E-state index in [0.717, 1.165) is 6.20 Å². The Bertz CT molecular complexity index is 1500. The summed E-state index contributed by atoms with van der Waals surface area (Å²) in [4.78, 5) is 19.9. The predicted octanol–water partition coefficient (Wildman–Crippen LogP) is 3.41. The quantitative estimate of drug-likeness (QED) is 0.441. The third-order valence-corrected chi connectivity index (χ3v) is 6.61. The van der Waals surface area contributed by atoms with Crippen molar-refractivity contribution in [3.05, 3.63) is 70.1 Å². The minimum absolute atomic E-state index is 0.202. The number of hydrogen-bond donors (Lipinski definition) is 0. The number of fused-ring (bicyclic) bond motifs is 1. The molecule has 0 bridgehead atoms. The highest BCUT2D eigenvalue weighted by atomic mass is 35.5. The molecule has 0 aliphatic rings. The van der Waals surface area contributed by atoms with Gasteiger partial charge in [-0.25, -0.2) is 27.6 Å². The summed E-state index contributed by atoms with van der Waals surface area (Å²) in [7, 11) is -3.89. The molecule has 8 nitrogen and oxygen atoms in total. The molecule has 13 heteroatoms. The maximum absolute atomic E-state index is 13.0. The van der Waals surface area contributed by atoms with Crippen LogP contribution in [0.1, 0.15) is 12.6 Å². The highest BCUT2D eigenvalue weighted by Gasteiger charge is 2.33. The first-order chi connectivity index (χ1) is 15.0. The summed E-state index contributed by atoms with van der Waals surface area (Å²) in [6, 6.07) is 7.92. The lowest BCUT2D eigenvalue weighted by Gasteiger charge is -2.10. The van der Waals surface area contributed by atoms with Crippen LogP contribution in [-0.4, -0.2) is 38.3 Å². The normalized spacial score (nSPS) is 12.4. The molecule has 4 aromatic rings. The summed E-state index contributed by atoms with van der Waals surface area (Å²) in [5.74, 6) is -0.625. The van der Waals surface area contributed by atoms with E-state index in [1.165, 1.54) is 19.2 Å². The van der Waals surface area contributed by atoms with E-state index in [1.807, 2.05) is 0 Å². The molecule has 0 radical (unpaired) electrons. The Morgan fingerprint density at radius 2 is 1.75 bits per heavy atom. The van der Waals surface area contributed by atoms with E-state index >= 15 is 0 Å². The molecule has 0 saturated heterocycles. The van der Waals surface area contributed by atoms with Crippen LogP contribution in [-0.2, 0) is 16.0 Å². The van der Waals surface area contributed by atoms with Crippen LogP contribution < -0.4 is 5.69 Å².